The number of aromatic carboxylic acids is 1. The molecule has 0 spiro atoms. The van der Waals surface area contributed by atoms with E-state index in [1.807, 2.05) is 20.8 Å². The third kappa shape index (κ3) is 2.58. The van der Waals surface area contributed by atoms with Crippen LogP contribution < -0.4 is 0 Å². The average molecular weight is 274 g/mol. The first-order valence-corrected chi connectivity index (χ1v) is 6.33. The van der Waals surface area contributed by atoms with Gasteiger partial charge in [0.1, 0.15) is 0 Å². The number of hydrogen-bond acceptors (Lipinski definition) is 3. The molecule has 2 rings (SSSR count). The smallest absolute Gasteiger partial charge is 0.356 e. The topological polar surface area (TPSA) is 64.3 Å². The lowest BCUT2D eigenvalue weighted by atomic mass is 10.1. The molecule has 0 aliphatic rings. The summed E-state index contributed by atoms with van der Waals surface area (Å²) < 4.78 is 6.80. The maximum atomic E-state index is 11.1. The zero-order valence-electron chi connectivity index (χ0n) is 12.1. The normalized spacial score (nSPS) is 10.8. The van der Waals surface area contributed by atoms with E-state index < -0.39 is 5.97 Å². The van der Waals surface area contributed by atoms with Gasteiger partial charge in [0.05, 0.1) is 18.0 Å². The molecule has 0 saturated heterocycles. The molecule has 0 atom stereocenters. The predicted molar refractivity (Wildman–Crippen MR) is 75.4 cm³/mol. The summed E-state index contributed by atoms with van der Waals surface area (Å²) in [5.41, 5.74) is 4.94. The van der Waals surface area contributed by atoms with Gasteiger partial charge in [-0.05, 0) is 38.0 Å². The second-order valence-electron chi connectivity index (χ2n) is 4.92. The fourth-order valence-corrected chi connectivity index (χ4v) is 2.48. The number of hydrogen-bond donors (Lipinski definition) is 1. The Labute approximate surface area is 117 Å². The van der Waals surface area contributed by atoms with Crippen molar-refractivity contribution in [2.45, 2.75) is 27.4 Å². The molecule has 0 saturated carbocycles. The summed E-state index contributed by atoms with van der Waals surface area (Å²) in [7, 11) is 1.58. The molecule has 1 aromatic carbocycles. The third-order valence-corrected chi connectivity index (χ3v) is 3.14. The first kappa shape index (κ1) is 14.3. The van der Waals surface area contributed by atoms with E-state index in [-0.39, 0.29) is 5.69 Å². The minimum atomic E-state index is -1.04. The Morgan fingerprint density at radius 2 is 1.85 bits per heavy atom. The monoisotopic (exact) mass is 274 g/mol. The van der Waals surface area contributed by atoms with E-state index in [1.165, 1.54) is 5.56 Å². The van der Waals surface area contributed by atoms with Crippen LogP contribution in [0.15, 0.2) is 18.2 Å². The second kappa shape index (κ2) is 5.46. The fourth-order valence-electron chi connectivity index (χ4n) is 2.48. The van der Waals surface area contributed by atoms with Crippen molar-refractivity contribution in [3.63, 3.8) is 0 Å². The third-order valence-electron chi connectivity index (χ3n) is 3.14. The van der Waals surface area contributed by atoms with Gasteiger partial charge in [-0.2, -0.15) is 5.10 Å². The molecule has 106 valence electrons. The van der Waals surface area contributed by atoms with Gasteiger partial charge in [0.15, 0.2) is 5.69 Å². The van der Waals surface area contributed by atoms with Crippen LogP contribution in [0.3, 0.4) is 0 Å². The largest absolute Gasteiger partial charge is 0.476 e. The lowest BCUT2D eigenvalue weighted by molar-refractivity contribution is 0.0690. The van der Waals surface area contributed by atoms with E-state index >= 15 is 0 Å². The van der Waals surface area contributed by atoms with Gasteiger partial charge in [0.2, 0.25) is 0 Å². The van der Waals surface area contributed by atoms with Crippen LogP contribution in [-0.2, 0) is 11.3 Å². The molecular weight excluding hydrogens is 256 g/mol. The Kier molecular flexibility index (Phi) is 3.90. The predicted octanol–water partition coefficient (Wildman–Crippen LogP) is 2.64. The summed E-state index contributed by atoms with van der Waals surface area (Å²) in [6.07, 6.45) is 0. The number of aryl methyl sites for hydroxylation is 3. The lowest BCUT2D eigenvalue weighted by Gasteiger charge is -2.14. The van der Waals surface area contributed by atoms with Gasteiger partial charge in [-0.3, -0.25) is 0 Å². The number of methoxy groups -OCH3 is 1. The van der Waals surface area contributed by atoms with E-state index in [9.17, 15) is 4.79 Å². The second-order valence-corrected chi connectivity index (χ2v) is 4.92. The Morgan fingerprint density at radius 1 is 1.25 bits per heavy atom. The van der Waals surface area contributed by atoms with Crippen molar-refractivity contribution < 1.29 is 14.6 Å². The molecule has 1 heterocycles. The fraction of sp³-hybridized carbons (Fsp3) is 0.333. The van der Waals surface area contributed by atoms with E-state index in [0.29, 0.717) is 6.61 Å². The van der Waals surface area contributed by atoms with E-state index in [2.05, 4.69) is 17.2 Å². The molecule has 0 aliphatic heterocycles. The maximum Gasteiger partial charge on any atom is 0.356 e. The van der Waals surface area contributed by atoms with Gasteiger partial charge >= 0.3 is 5.97 Å². The number of carboxylic acid groups (broad SMARTS) is 1. The van der Waals surface area contributed by atoms with Crippen LogP contribution in [0.1, 0.15) is 32.9 Å². The molecular formula is C15H18N2O3. The number of ether oxygens (including phenoxy) is 1. The standard InChI is InChI=1S/C15H18N2O3/c1-9-5-10(2)14(11(3)6-9)17-12(8-20-4)7-13(16-17)15(18)19/h5-7H,8H2,1-4H3,(H,18,19). The highest BCUT2D eigenvalue weighted by Gasteiger charge is 2.17. The Morgan fingerprint density at radius 3 is 2.35 bits per heavy atom. The van der Waals surface area contributed by atoms with Gasteiger partial charge in [-0.25, -0.2) is 9.48 Å². The Bertz CT molecular complexity index is 636. The molecule has 5 nitrogen and oxygen atoms in total. The summed E-state index contributed by atoms with van der Waals surface area (Å²) >= 11 is 0. The van der Waals surface area contributed by atoms with Crippen molar-refractivity contribution >= 4 is 5.97 Å². The van der Waals surface area contributed by atoms with Gasteiger partial charge in [0.25, 0.3) is 0 Å². The zero-order chi connectivity index (χ0) is 14.9. The maximum absolute atomic E-state index is 11.1. The molecule has 1 N–H and O–H groups in total. The highest BCUT2D eigenvalue weighted by atomic mass is 16.5. The number of carboxylic acids is 1. The van der Waals surface area contributed by atoms with Crippen LogP contribution in [0, 0.1) is 20.8 Å². The number of rotatable bonds is 4. The quantitative estimate of drug-likeness (QED) is 0.931. The summed E-state index contributed by atoms with van der Waals surface area (Å²) in [4.78, 5) is 11.1. The first-order valence-electron chi connectivity index (χ1n) is 6.33. The summed E-state index contributed by atoms with van der Waals surface area (Å²) in [5.74, 6) is -1.04. The molecule has 2 aromatic rings. The van der Waals surface area contributed by atoms with E-state index in [1.54, 1.807) is 17.9 Å². The van der Waals surface area contributed by atoms with Crippen LogP contribution in [0.2, 0.25) is 0 Å². The summed E-state index contributed by atoms with van der Waals surface area (Å²) in [5, 5.41) is 13.3. The average Bonchev–Trinajstić information content (AvgIpc) is 2.72. The molecule has 1 aromatic heterocycles. The number of benzene rings is 1. The van der Waals surface area contributed by atoms with Crippen molar-refractivity contribution in [3.05, 3.63) is 46.3 Å². The summed E-state index contributed by atoms with van der Waals surface area (Å²) in [6, 6.07) is 5.66. The number of aromatic nitrogens is 2. The molecule has 0 radical (unpaired) electrons. The van der Waals surface area contributed by atoms with Crippen molar-refractivity contribution in [3.8, 4) is 5.69 Å². The van der Waals surface area contributed by atoms with Gasteiger partial charge < -0.3 is 9.84 Å². The Balaban J connectivity index is 2.65. The minimum Gasteiger partial charge on any atom is -0.476 e. The van der Waals surface area contributed by atoms with E-state index in [4.69, 9.17) is 9.84 Å². The van der Waals surface area contributed by atoms with Crippen LogP contribution in [-0.4, -0.2) is 28.0 Å². The van der Waals surface area contributed by atoms with Crippen molar-refractivity contribution in [1.29, 1.82) is 0 Å². The van der Waals surface area contributed by atoms with E-state index in [0.717, 1.165) is 22.5 Å². The number of carbonyl (C=O) groups is 1. The van der Waals surface area contributed by atoms with Crippen LogP contribution >= 0.6 is 0 Å². The summed E-state index contributed by atoms with van der Waals surface area (Å²) in [6.45, 7) is 6.33. The highest BCUT2D eigenvalue weighted by Crippen LogP contribution is 2.23. The minimum absolute atomic E-state index is 0.0245. The molecule has 0 bridgehead atoms. The van der Waals surface area contributed by atoms with Gasteiger partial charge in [-0.15, -0.1) is 0 Å². The van der Waals surface area contributed by atoms with Crippen molar-refractivity contribution in [1.82, 2.24) is 9.78 Å². The molecule has 0 amide bonds. The molecule has 20 heavy (non-hydrogen) atoms. The van der Waals surface area contributed by atoms with Gasteiger partial charge in [0, 0.05) is 7.11 Å². The van der Waals surface area contributed by atoms with Crippen molar-refractivity contribution in [2.75, 3.05) is 7.11 Å². The SMILES string of the molecule is COCc1cc(C(=O)O)nn1-c1c(C)cc(C)cc1C. The van der Waals surface area contributed by atoms with Crippen LogP contribution in [0.5, 0.6) is 0 Å². The molecule has 0 unspecified atom stereocenters. The lowest BCUT2D eigenvalue weighted by Crippen LogP contribution is -2.08. The first-order chi connectivity index (χ1) is 9.43. The van der Waals surface area contributed by atoms with Gasteiger partial charge in [-0.1, -0.05) is 17.7 Å². The van der Waals surface area contributed by atoms with Crippen LogP contribution in [0.4, 0.5) is 0 Å². The molecule has 5 heteroatoms. The van der Waals surface area contributed by atoms with Crippen LogP contribution in [0.25, 0.3) is 5.69 Å². The van der Waals surface area contributed by atoms with Crippen molar-refractivity contribution in [2.24, 2.45) is 0 Å². The number of nitrogens with zero attached hydrogens (tertiary/aromatic N) is 2. The molecule has 0 aliphatic carbocycles. The Hall–Kier alpha value is -2.14. The highest BCUT2D eigenvalue weighted by molar-refractivity contribution is 5.85. The molecule has 0 fully saturated rings. The zero-order valence-corrected chi connectivity index (χ0v) is 12.1.